The lowest BCUT2D eigenvalue weighted by molar-refractivity contribution is -0.137. The van der Waals surface area contributed by atoms with Gasteiger partial charge in [0.2, 0.25) is 10.0 Å². The van der Waals surface area contributed by atoms with E-state index >= 15 is 0 Å². The number of alkyl carbamates (subject to hydrolysis) is 1. The van der Waals surface area contributed by atoms with Crippen molar-refractivity contribution in [1.29, 1.82) is 0 Å². The quantitative estimate of drug-likeness (QED) is 0.0463. The summed E-state index contributed by atoms with van der Waals surface area (Å²) in [5, 5.41) is 31.4. The van der Waals surface area contributed by atoms with Crippen molar-refractivity contribution in [3.8, 4) is 11.5 Å². The van der Waals surface area contributed by atoms with Crippen molar-refractivity contribution in [3.63, 3.8) is 0 Å². The summed E-state index contributed by atoms with van der Waals surface area (Å²) < 4.78 is 76.8. The Labute approximate surface area is 360 Å². The Hall–Kier alpha value is -3.61. The lowest BCUT2D eigenvalue weighted by atomic mass is 10.00. The van der Waals surface area contributed by atoms with E-state index in [-0.39, 0.29) is 55.1 Å². The molecule has 3 aromatic carbocycles. The van der Waals surface area contributed by atoms with Crippen molar-refractivity contribution in [2.75, 3.05) is 46.1 Å². The topological polar surface area (TPSA) is 203 Å². The number of aliphatic hydroxyl groups excluding tert-OH is 2. The molecule has 2 unspecified atom stereocenters. The van der Waals surface area contributed by atoms with E-state index in [9.17, 15) is 28.0 Å². The van der Waals surface area contributed by atoms with Gasteiger partial charge in [-0.05, 0) is 87.1 Å². The Bertz CT molecular complexity index is 1960. The summed E-state index contributed by atoms with van der Waals surface area (Å²) in [5.41, 5.74) is 1.69. The first kappa shape index (κ1) is 48.4. The highest BCUT2D eigenvalue weighted by atomic mass is 32.2. The minimum absolute atomic E-state index is 0.0521. The fourth-order valence-corrected chi connectivity index (χ4v) is 10.7. The van der Waals surface area contributed by atoms with Crippen molar-refractivity contribution in [1.82, 2.24) is 20.0 Å². The Morgan fingerprint density at radius 2 is 1.61 bits per heavy atom. The van der Waals surface area contributed by atoms with Crippen LogP contribution in [0.1, 0.15) is 52.2 Å². The van der Waals surface area contributed by atoms with Gasteiger partial charge < -0.3 is 49.1 Å². The number of amides is 1. The predicted octanol–water partition coefficient (Wildman–Crippen LogP) is 4.88. The van der Waals surface area contributed by atoms with Crippen LogP contribution in [0.25, 0.3) is 0 Å². The molecule has 0 radical (unpaired) electrons. The lowest BCUT2D eigenvalue weighted by Gasteiger charge is -2.31. The summed E-state index contributed by atoms with van der Waals surface area (Å²) >= 11 is 0. The third kappa shape index (κ3) is 14.5. The Morgan fingerprint density at radius 1 is 0.918 bits per heavy atom. The number of fused-ring (bicyclic) bond motifs is 1. The first-order valence-corrected chi connectivity index (χ1v) is 24.1. The maximum atomic E-state index is 14.0. The third-order valence-electron chi connectivity index (χ3n) is 10.3. The van der Waals surface area contributed by atoms with Crippen LogP contribution in [0.15, 0.2) is 83.8 Å². The number of para-hydroxylation sites is 1. The summed E-state index contributed by atoms with van der Waals surface area (Å²) in [6.07, 6.45) is -3.47. The van der Waals surface area contributed by atoms with Crippen LogP contribution < -0.4 is 25.0 Å². The molecule has 2 aliphatic heterocycles. The number of aliphatic hydroxyl groups is 2. The van der Waals surface area contributed by atoms with Crippen LogP contribution in [0.3, 0.4) is 0 Å². The highest BCUT2D eigenvalue weighted by Gasteiger charge is 2.44. The molecule has 2 saturated heterocycles. The summed E-state index contributed by atoms with van der Waals surface area (Å²) in [4.78, 5) is 13.5. The number of methoxy groups -OCH3 is 1. The second-order valence-electron chi connectivity index (χ2n) is 16.2. The molecule has 1 amide bonds. The average molecular weight is 891 g/mol. The molecule has 61 heavy (non-hydrogen) atoms. The average Bonchev–Trinajstić information content (AvgIpc) is 3.85. The van der Waals surface area contributed by atoms with E-state index in [1.165, 1.54) is 23.5 Å². The van der Waals surface area contributed by atoms with Gasteiger partial charge in [0.25, 0.3) is 0 Å². The number of carbonyl (C=O) groups is 1. The largest absolute Gasteiger partial charge is 0.497 e. The smallest absolute Gasteiger partial charge is 0.407 e. The summed E-state index contributed by atoms with van der Waals surface area (Å²) in [7, 11) is -6.06. The first-order valence-electron chi connectivity index (χ1n) is 20.8. The van der Waals surface area contributed by atoms with Crippen LogP contribution in [0.5, 0.6) is 11.5 Å². The molecule has 338 valence electrons. The zero-order valence-electron chi connectivity index (χ0n) is 35.8. The van der Waals surface area contributed by atoms with Crippen LogP contribution >= 0.6 is 7.52 Å². The van der Waals surface area contributed by atoms with E-state index in [1.54, 1.807) is 57.2 Å². The van der Waals surface area contributed by atoms with Gasteiger partial charge in [-0.1, -0.05) is 56.3 Å². The molecule has 5 rings (SSSR count). The van der Waals surface area contributed by atoms with Gasteiger partial charge in [-0.25, -0.2) is 18.3 Å². The highest BCUT2D eigenvalue weighted by molar-refractivity contribution is 7.89. The fraction of sp³-hybridized carbons (Fsp3) is 0.558. The highest BCUT2D eigenvalue weighted by Crippen LogP contribution is 2.43. The second kappa shape index (κ2) is 22.7. The number of sulfonamides is 1. The number of nitrogens with one attached hydrogen (secondary N) is 3. The molecule has 0 bridgehead atoms. The molecule has 8 atom stereocenters. The normalized spacial score (nSPS) is 20.8. The molecule has 16 nitrogen and oxygen atoms in total. The minimum atomic E-state index is -4.05. The van der Waals surface area contributed by atoms with Gasteiger partial charge in [-0.3, -0.25) is 4.57 Å². The van der Waals surface area contributed by atoms with Crippen molar-refractivity contribution >= 4 is 23.6 Å². The second-order valence-corrected chi connectivity index (χ2v) is 20.3. The number of hydrogen-bond donors (Lipinski definition) is 5. The molecule has 0 aliphatic carbocycles. The van der Waals surface area contributed by atoms with E-state index in [0.29, 0.717) is 37.6 Å². The van der Waals surface area contributed by atoms with E-state index < -0.39 is 60.5 Å². The first-order chi connectivity index (χ1) is 29.0. The number of benzene rings is 3. The SMILES string of the molecule is COc1ccc(S(=O)(=O)N(CC(C)C)C[C@@H](O)[C@H](Cc2ccc(CNCCP(=O)(N[C@@H](C)C(O)OC(C)C)Oc3ccccc3)cc2)NC(=O)O[C@H]2CO[C@H]3OCC[C@H]32)cc1. The monoisotopic (exact) mass is 890 g/mol. The molecule has 2 fully saturated rings. The number of nitrogens with zero attached hydrogens (tertiary/aromatic N) is 1. The van der Waals surface area contributed by atoms with Crippen molar-refractivity contribution in [2.24, 2.45) is 11.8 Å². The number of ether oxygens (including phenoxy) is 5. The summed E-state index contributed by atoms with van der Waals surface area (Å²) in [6.45, 7) is 10.4. The van der Waals surface area contributed by atoms with E-state index in [0.717, 1.165) is 11.1 Å². The van der Waals surface area contributed by atoms with Crippen molar-refractivity contribution in [2.45, 2.75) is 102 Å². The maximum Gasteiger partial charge on any atom is 0.407 e. The van der Waals surface area contributed by atoms with E-state index in [1.807, 2.05) is 44.2 Å². The van der Waals surface area contributed by atoms with Crippen molar-refractivity contribution in [3.05, 3.63) is 90.0 Å². The van der Waals surface area contributed by atoms with E-state index in [2.05, 4.69) is 15.7 Å². The standard InChI is InChI=1S/C43H63N4O12PS/c1-29(2)26-47(61(52,53)36-18-16-34(54-6)17-19-36)27-39(48)38(45-43(50)58-40-28-56-42-37(40)20-22-55-42)24-32-12-14-33(15-13-32)25-44-21-23-60(51,59-35-10-8-7-9-11-35)46-31(5)41(49)57-30(3)4/h7-19,29-31,37-42,44,48-49H,20-28H2,1-6H3,(H,45,50)(H,46,51)/t31-,37-,38-,39+,40-,41?,42+,60?/m0/s1. The minimum Gasteiger partial charge on any atom is -0.497 e. The van der Waals surface area contributed by atoms with Gasteiger partial charge in [-0.15, -0.1) is 0 Å². The molecule has 3 aromatic rings. The fourth-order valence-electron chi connectivity index (χ4n) is 7.13. The zero-order valence-corrected chi connectivity index (χ0v) is 37.6. The van der Waals surface area contributed by atoms with Gasteiger partial charge in [-0.2, -0.15) is 4.31 Å². The molecule has 0 saturated carbocycles. The number of hydrogen-bond acceptors (Lipinski definition) is 13. The molecule has 18 heteroatoms. The van der Waals surface area contributed by atoms with Crippen LogP contribution in [0.2, 0.25) is 0 Å². The summed E-state index contributed by atoms with van der Waals surface area (Å²) in [6, 6.07) is 20.8. The van der Waals surface area contributed by atoms with Crippen LogP contribution in [-0.2, 0) is 46.5 Å². The van der Waals surface area contributed by atoms with Gasteiger partial charge in [0.15, 0.2) is 12.6 Å². The van der Waals surface area contributed by atoms with Gasteiger partial charge in [0, 0.05) is 26.2 Å². The third-order valence-corrected chi connectivity index (χ3v) is 14.3. The van der Waals surface area contributed by atoms with E-state index in [4.69, 9.17) is 28.2 Å². The molecule has 2 aliphatic rings. The molecule has 0 spiro atoms. The van der Waals surface area contributed by atoms with Crippen molar-refractivity contribution < 1.29 is 56.2 Å². The van der Waals surface area contributed by atoms with Crippen LogP contribution in [0.4, 0.5) is 4.79 Å². The lowest BCUT2D eigenvalue weighted by Crippen LogP contribution is -2.51. The Morgan fingerprint density at radius 3 is 2.26 bits per heavy atom. The van der Waals surface area contributed by atoms with Gasteiger partial charge in [0.1, 0.15) is 17.6 Å². The molecule has 0 aromatic heterocycles. The zero-order chi connectivity index (χ0) is 44.2. The molecule has 5 N–H and O–H groups in total. The predicted molar refractivity (Wildman–Crippen MR) is 230 cm³/mol. The molecular weight excluding hydrogens is 828 g/mol. The molecule has 2 heterocycles. The number of carbonyl (C=O) groups excluding carboxylic acids is 1. The van der Waals surface area contributed by atoms with Crippen LogP contribution in [-0.4, -0.2) is 118 Å². The van der Waals surface area contributed by atoms with Gasteiger partial charge in [0.05, 0.1) is 61.6 Å². The Balaban J connectivity index is 1.25. The molecular formula is C43H63N4O12PS. The maximum absolute atomic E-state index is 14.0. The summed E-state index contributed by atoms with van der Waals surface area (Å²) in [5.74, 6) is 0.783. The number of rotatable bonds is 24. The Kier molecular flexibility index (Phi) is 18.0. The van der Waals surface area contributed by atoms with Gasteiger partial charge >= 0.3 is 13.6 Å². The van der Waals surface area contributed by atoms with Crippen LogP contribution in [0, 0.1) is 11.8 Å².